The third kappa shape index (κ3) is 4.41. The number of ether oxygens (including phenoxy) is 1. The van der Waals surface area contributed by atoms with Crippen LogP contribution in [0.25, 0.3) is 11.4 Å². The van der Waals surface area contributed by atoms with Gasteiger partial charge in [-0.15, -0.1) is 0 Å². The van der Waals surface area contributed by atoms with Gasteiger partial charge in [0.15, 0.2) is 5.78 Å². The van der Waals surface area contributed by atoms with Crippen molar-refractivity contribution in [3.8, 4) is 0 Å². The van der Waals surface area contributed by atoms with Gasteiger partial charge in [-0.3, -0.25) is 14.5 Å². The fraction of sp³-hybridized carbons (Fsp3) is 0.280. The van der Waals surface area contributed by atoms with Crippen LogP contribution in [0.15, 0.2) is 64.6 Å². The van der Waals surface area contributed by atoms with E-state index in [0.717, 1.165) is 19.6 Å². The van der Waals surface area contributed by atoms with Crippen molar-refractivity contribution in [2.75, 3.05) is 39.4 Å². The number of sulfonamides is 1. The number of carbonyl (C=O) groups is 2. The fourth-order valence-corrected chi connectivity index (χ4v) is 5.66. The largest absolute Gasteiger partial charge is 0.398 e. The van der Waals surface area contributed by atoms with Gasteiger partial charge in [0.2, 0.25) is 10.0 Å². The van der Waals surface area contributed by atoms with Gasteiger partial charge in [0.25, 0.3) is 5.91 Å². The molecule has 0 unspecified atom stereocenters. The zero-order chi connectivity index (χ0) is 24.6. The van der Waals surface area contributed by atoms with E-state index in [2.05, 4.69) is 14.9 Å². The number of ketones is 1. The number of carbonyl (C=O) groups excluding carboxylic acids is 2. The minimum atomic E-state index is -3.69. The predicted molar refractivity (Wildman–Crippen MR) is 130 cm³/mol. The highest BCUT2D eigenvalue weighted by Gasteiger charge is 2.39. The molecule has 1 saturated heterocycles. The van der Waals surface area contributed by atoms with E-state index in [1.54, 1.807) is 36.4 Å². The van der Waals surface area contributed by atoms with Crippen LogP contribution >= 0.6 is 0 Å². The number of nitrogens with one attached hydrogen (secondary N) is 2. The Morgan fingerprint density at radius 2 is 1.66 bits per heavy atom. The molecule has 4 N–H and O–H groups in total. The van der Waals surface area contributed by atoms with Crippen LogP contribution in [0.1, 0.15) is 27.9 Å². The Morgan fingerprint density at radius 3 is 2.37 bits per heavy atom. The molecule has 3 aliphatic rings. The number of Topliss-reactive ketones (excluding diaryl/α,β-unsaturated/α-hetero) is 1. The summed E-state index contributed by atoms with van der Waals surface area (Å²) in [5, 5.41) is 2.74. The first kappa shape index (κ1) is 23.4. The molecule has 0 saturated carbocycles. The van der Waals surface area contributed by atoms with Crippen LogP contribution in [-0.4, -0.2) is 64.4 Å². The second-order valence-electron chi connectivity index (χ2n) is 8.60. The minimum Gasteiger partial charge on any atom is -0.398 e. The van der Waals surface area contributed by atoms with Gasteiger partial charge < -0.3 is 15.8 Å². The lowest BCUT2D eigenvalue weighted by Gasteiger charge is -2.26. The molecule has 1 fully saturated rings. The highest BCUT2D eigenvalue weighted by Crippen LogP contribution is 2.39. The van der Waals surface area contributed by atoms with Gasteiger partial charge in [0.05, 0.1) is 40.6 Å². The summed E-state index contributed by atoms with van der Waals surface area (Å²) in [4.78, 5) is 28.2. The Morgan fingerprint density at radius 1 is 0.971 bits per heavy atom. The van der Waals surface area contributed by atoms with Gasteiger partial charge in [-0.2, -0.15) is 0 Å². The van der Waals surface area contributed by atoms with Crippen LogP contribution in [0.5, 0.6) is 0 Å². The molecular weight excluding hydrogens is 468 g/mol. The smallest absolute Gasteiger partial charge is 0.258 e. The first-order valence-corrected chi connectivity index (χ1v) is 12.9. The molecule has 0 bridgehead atoms. The lowest BCUT2D eigenvalue weighted by atomic mass is 9.84. The number of morpholine rings is 1. The summed E-state index contributed by atoms with van der Waals surface area (Å²) in [5.41, 5.74) is 8.68. The second kappa shape index (κ2) is 9.38. The highest BCUT2D eigenvalue weighted by molar-refractivity contribution is 7.89. The van der Waals surface area contributed by atoms with Crippen LogP contribution < -0.4 is 15.8 Å². The number of fused-ring (bicyclic) bond motifs is 2. The number of hydrogen-bond donors (Lipinski definition) is 3. The van der Waals surface area contributed by atoms with Gasteiger partial charge in [-0.05, 0) is 30.7 Å². The first-order valence-electron chi connectivity index (χ1n) is 11.5. The van der Waals surface area contributed by atoms with Crippen molar-refractivity contribution in [1.82, 2.24) is 14.9 Å². The molecule has 2 aromatic carbocycles. The maximum atomic E-state index is 13.2. The van der Waals surface area contributed by atoms with Gasteiger partial charge in [0.1, 0.15) is 0 Å². The number of amides is 1. The summed E-state index contributed by atoms with van der Waals surface area (Å²) in [7, 11) is -3.69. The van der Waals surface area contributed by atoms with E-state index >= 15 is 0 Å². The summed E-state index contributed by atoms with van der Waals surface area (Å²) >= 11 is 0. The van der Waals surface area contributed by atoms with E-state index in [4.69, 9.17) is 10.5 Å². The molecule has 0 aromatic heterocycles. The second-order valence-corrected chi connectivity index (χ2v) is 10.4. The highest BCUT2D eigenvalue weighted by atomic mass is 32.2. The quantitative estimate of drug-likeness (QED) is 0.491. The average Bonchev–Trinajstić information content (AvgIpc) is 3.23. The summed E-state index contributed by atoms with van der Waals surface area (Å²) in [6, 6.07) is 13.0. The molecule has 2 aliphatic heterocycles. The van der Waals surface area contributed by atoms with E-state index in [1.807, 2.05) is 0 Å². The van der Waals surface area contributed by atoms with Crippen LogP contribution in [0.3, 0.4) is 0 Å². The summed E-state index contributed by atoms with van der Waals surface area (Å²) < 4.78 is 33.4. The van der Waals surface area contributed by atoms with Crippen molar-refractivity contribution in [3.05, 3.63) is 76.4 Å². The fourth-order valence-electron chi connectivity index (χ4n) is 4.58. The summed E-state index contributed by atoms with van der Waals surface area (Å²) in [6.45, 7) is 4.27. The Balaban J connectivity index is 1.34. The third-order valence-electron chi connectivity index (χ3n) is 6.42. The van der Waals surface area contributed by atoms with Crippen molar-refractivity contribution in [2.24, 2.45) is 5.73 Å². The normalized spacial score (nSPS) is 18.5. The summed E-state index contributed by atoms with van der Waals surface area (Å²) in [5.74, 6) is -0.745. The van der Waals surface area contributed by atoms with E-state index in [0.29, 0.717) is 48.6 Å². The summed E-state index contributed by atoms with van der Waals surface area (Å²) in [6.07, 6.45) is 0.694. The van der Waals surface area contributed by atoms with Crippen LogP contribution in [0.2, 0.25) is 0 Å². The maximum absolute atomic E-state index is 13.2. The van der Waals surface area contributed by atoms with Crippen molar-refractivity contribution in [2.45, 2.75) is 11.3 Å². The number of nitrogens with zero attached hydrogens (tertiary/aromatic N) is 1. The molecule has 10 heteroatoms. The molecular formula is C25H26N4O5S. The molecule has 1 amide bonds. The minimum absolute atomic E-state index is 0.109. The standard InChI is InChI=1S/C25H26N4O5S/c26-22-18-4-1-2-5-19(18)24(30)21-20(22)25(31)28-23(21)16-6-8-17(9-7-16)35(32,33)27-10-3-11-29-12-14-34-15-13-29/h1-2,4-9,27H,3,10-15,26H2,(H,28,31). The maximum Gasteiger partial charge on any atom is 0.258 e. The topological polar surface area (TPSA) is 131 Å². The molecule has 0 spiro atoms. The molecule has 35 heavy (non-hydrogen) atoms. The van der Waals surface area contributed by atoms with Gasteiger partial charge >= 0.3 is 0 Å². The first-order chi connectivity index (χ1) is 16.9. The molecule has 0 atom stereocenters. The lowest BCUT2D eigenvalue weighted by Crippen LogP contribution is -2.38. The molecule has 2 aromatic rings. The van der Waals surface area contributed by atoms with Crippen LogP contribution in [-0.2, 0) is 19.6 Å². The van der Waals surface area contributed by atoms with E-state index in [1.165, 1.54) is 12.1 Å². The van der Waals surface area contributed by atoms with Crippen molar-refractivity contribution in [3.63, 3.8) is 0 Å². The van der Waals surface area contributed by atoms with Crippen molar-refractivity contribution in [1.29, 1.82) is 0 Å². The Labute approximate surface area is 203 Å². The number of hydrogen-bond acceptors (Lipinski definition) is 7. The number of benzene rings is 2. The van der Waals surface area contributed by atoms with E-state index in [-0.39, 0.29) is 27.5 Å². The predicted octanol–water partition coefficient (Wildman–Crippen LogP) is 1.09. The van der Waals surface area contributed by atoms with E-state index in [9.17, 15) is 18.0 Å². The Kier molecular flexibility index (Phi) is 6.28. The van der Waals surface area contributed by atoms with Crippen LogP contribution in [0, 0.1) is 0 Å². The van der Waals surface area contributed by atoms with E-state index < -0.39 is 15.9 Å². The van der Waals surface area contributed by atoms with Gasteiger partial charge in [-0.1, -0.05) is 36.4 Å². The average molecular weight is 495 g/mol. The van der Waals surface area contributed by atoms with Gasteiger partial charge in [0, 0.05) is 30.8 Å². The monoisotopic (exact) mass is 494 g/mol. The Bertz CT molecular complexity index is 1360. The van der Waals surface area contributed by atoms with Crippen molar-refractivity contribution >= 4 is 33.1 Å². The number of nitrogens with two attached hydrogens (primary N) is 1. The van der Waals surface area contributed by atoms with Gasteiger partial charge in [-0.25, -0.2) is 13.1 Å². The zero-order valence-electron chi connectivity index (χ0n) is 19.0. The SMILES string of the molecule is NC1=C2C(=O)NC(c3ccc(S(=O)(=O)NCCCN4CCOCC4)cc3)=C2C(=O)c2ccccc21. The number of rotatable bonds is 7. The zero-order valence-corrected chi connectivity index (χ0v) is 19.9. The molecule has 182 valence electrons. The third-order valence-corrected chi connectivity index (χ3v) is 7.90. The molecule has 2 heterocycles. The van der Waals surface area contributed by atoms with Crippen molar-refractivity contribution < 1.29 is 22.7 Å². The lowest BCUT2D eigenvalue weighted by molar-refractivity contribution is -0.115. The molecule has 9 nitrogen and oxygen atoms in total. The molecule has 1 aliphatic carbocycles. The van der Waals surface area contributed by atoms with Crippen LogP contribution in [0.4, 0.5) is 0 Å². The Hall–Kier alpha value is -3.31. The molecule has 0 radical (unpaired) electrons. The molecule has 5 rings (SSSR count).